The zero-order chi connectivity index (χ0) is 20.6. The van der Waals surface area contributed by atoms with E-state index in [1.165, 1.54) is 23.5 Å². The lowest BCUT2D eigenvalue weighted by atomic mass is 10.1. The summed E-state index contributed by atoms with van der Waals surface area (Å²) in [5.41, 5.74) is 7.12. The van der Waals surface area contributed by atoms with Crippen molar-refractivity contribution in [3.8, 4) is 10.6 Å². The molecule has 4 aromatic rings. The first-order valence-corrected chi connectivity index (χ1v) is 10.2. The summed E-state index contributed by atoms with van der Waals surface area (Å²) in [5, 5.41) is 5.37. The Morgan fingerprint density at radius 2 is 1.86 bits per heavy atom. The molecule has 0 saturated heterocycles. The molecule has 0 bridgehead atoms. The first kappa shape index (κ1) is 19.4. The maximum absolute atomic E-state index is 12.6. The maximum atomic E-state index is 12.6. The summed E-state index contributed by atoms with van der Waals surface area (Å²) >= 11 is 2.76. The number of benzene rings is 1. The summed E-state index contributed by atoms with van der Waals surface area (Å²) in [6, 6.07) is 12.3. The maximum Gasteiger partial charge on any atom is 0.416 e. The van der Waals surface area contributed by atoms with Crippen molar-refractivity contribution in [2.45, 2.75) is 12.7 Å². The molecule has 3 N–H and O–H groups in total. The van der Waals surface area contributed by atoms with E-state index in [1.54, 1.807) is 11.3 Å². The predicted octanol–water partition coefficient (Wildman–Crippen LogP) is 5.56. The molecule has 4 rings (SSSR count). The largest absolute Gasteiger partial charge is 0.416 e. The van der Waals surface area contributed by atoms with Gasteiger partial charge in [0.1, 0.15) is 9.71 Å². The molecule has 0 unspecified atom stereocenters. The van der Waals surface area contributed by atoms with Crippen LogP contribution in [-0.4, -0.2) is 10.9 Å². The van der Waals surface area contributed by atoms with Gasteiger partial charge in [-0.3, -0.25) is 4.79 Å². The highest BCUT2D eigenvalue weighted by Crippen LogP contribution is 2.35. The SMILES string of the molecule is Nc1c(C(=O)NCc2ccc(C(F)(F)F)cc2)sc2nc(-c3cccs3)ccc12. The van der Waals surface area contributed by atoms with Crippen LogP contribution in [0, 0.1) is 0 Å². The predicted molar refractivity (Wildman–Crippen MR) is 110 cm³/mol. The average molecular weight is 433 g/mol. The van der Waals surface area contributed by atoms with Crippen molar-refractivity contribution >= 4 is 44.5 Å². The van der Waals surface area contributed by atoms with Gasteiger partial charge >= 0.3 is 6.18 Å². The standard InChI is InChI=1S/C20H14F3N3OS2/c21-20(22,23)12-5-3-11(4-6-12)10-25-18(27)17-16(24)13-7-8-14(26-19(13)29-17)15-2-1-9-28-15/h1-9H,10,24H2,(H,25,27). The Morgan fingerprint density at radius 3 is 2.52 bits per heavy atom. The summed E-state index contributed by atoms with van der Waals surface area (Å²) in [5.74, 6) is -0.386. The number of hydrogen-bond donors (Lipinski definition) is 2. The molecule has 0 atom stereocenters. The number of pyridine rings is 1. The molecule has 1 aromatic carbocycles. The zero-order valence-corrected chi connectivity index (χ0v) is 16.4. The molecule has 0 saturated carbocycles. The van der Waals surface area contributed by atoms with Crippen molar-refractivity contribution in [3.63, 3.8) is 0 Å². The Bertz CT molecular complexity index is 1170. The first-order chi connectivity index (χ1) is 13.8. The van der Waals surface area contributed by atoms with Crippen LogP contribution >= 0.6 is 22.7 Å². The minimum absolute atomic E-state index is 0.0958. The lowest BCUT2D eigenvalue weighted by Crippen LogP contribution is -2.22. The third kappa shape index (κ3) is 3.96. The second kappa shape index (κ2) is 7.49. The van der Waals surface area contributed by atoms with Crippen LogP contribution < -0.4 is 11.1 Å². The van der Waals surface area contributed by atoms with Crippen LogP contribution in [0.3, 0.4) is 0 Å². The van der Waals surface area contributed by atoms with Gasteiger partial charge in [0.15, 0.2) is 0 Å². The molecule has 0 aliphatic rings. The van der Waals surface area contributed by atoms with Crippen molar-refractivity contribution in [2.24, 2.45) is 0 Å². The van der Waals surface area contributed by atoms with Gasteiger partial charge in [-0.2, -0.15) is 13.2 Å². The zero-order valence-electron chi connectivity index (χ0n) is 14.8. The number of thiophene rings is 2. The van der Waals surface area contributed by atoms with E-state index in [2.05, 4.69) is 10.3 Å². The Balaban J connectivity index is 1.52. The summed E-state index contributed by atoms with van der Waals surface area (Å²) in [6.45, 7) is 0.0958. The number of hydrogen-bond acceptors (Lipinski definition) is 5. The van der Waals surface area contributed by atoms with E-state index in [1.807, 2.05) is 29.6 Å². The molecule has 0 aliphatic heterocycles. The number of fused-ring (bicyclic) bond motifs is 1. The molecular weight excluding hydrogens is 419 g/mol. The molecule has 0 radical (unpaired) electrons. The number of rotatable bonds is 4. The molecule has 0 aliphatic carbocycles. The van der Waals surface area contributed by atoms with Gasteiger partial charge in [-0.1, -0.05) is 18.2 Å². The Labute approximate surface area is 171 Å². The number of aromatic nitrogens is 1. The van der Waals surface area contributed by atoms with Crippen molar-refractivity contribution in [3.05, 3.63) is 69.9 Å². The number of anilines is 1. The highest BCUT2D eigenvalue weighted by atomic mass is 32.1. The topological polar surface area (TPSA) is 68.0 Å². The molecule has 0 spiro atoms. The number of alkyl halides is 3. The van der Waals surface area contributed by atoms with Crippen LogP contribution in [0.5, 0.6) is 0 Å². The highest BCUT2D eigenvalue weighted by molar-refractivity contribution is 7.21. The third-order valence-corrected chi connectivity index (χ3v) is 6.31. The number of nitrogen functional groups attached to an aromatic ring is 1. The van der Waals surface area contributed by atoms with E-state index in [4.69, 9.17) is 5.73 Å². The minimum atomic E-state index is -4.39. The summed E-state index contributed by atoms with van der Waals surface area (Å²) in [7, 11) is 0. The summed E-state index contributed by atoms with van der Waals surface area (Å²) < 4.78 is 37.9. The van der Waals surface area contributed by atoms with Gasteiger partial charge < -0.3 is 11.1 Å². The van der Waals surface area contributed by atoms with Crippen molar-refractivity contribution < 1.29 is 18.0 Å². The number of nitrogens with one attached hydrogen (secondary N) is 1. The minimum Gasteiger partial charge on any atom is -0.397 e. The number of amides is 1. The summed E-state index contributed by atoms with van der Waals surface area (Å²) in [6.07, 6.45) is -4.39. The van der Waals surface area contributed by atoms with Gasteiger partial charge in [0, 0.05) is 11.9 Å². The van der Waals surface area contributed by atoms with Crippen LogP contribution in [0.4, 0.5) is 18.9 Å². The lowest BCUT2D eigenvalue weighted by Gasteiger charge is -2.08. The van der Waals surface area contributed by atoms with Gasteiger partial charge in [0.2, 0.25) is 0 Å². The first-order valence-electron chi connectivity index (χ1n) is 8.50. The van der Waals surface area contributed by atoms with E-state index in [-0.39, 0.29) is 12.5 Å². The number of nitrogens with two attached hydrogens (primary N) is 1. The number of halogens is 3. The van der Waals surface area contributed by atoms with E-state index in [0.717, 1.165) is 22.7 Å². The van der Waals surface area contributed by atoms with Gasteiger partial charge in [0.25, 0.3) is 5.91 Å². The van der Waals surface area contributed by atoms with Crippen LogP contribution in [-0.2, 0) is 12.7 Å². The van der Waals surface area contributed by atoms with Crippen LogP contribution in [0.2, 0.25) is 0 Å². The molecule has 148 valence electrons. The van der Waals surface area contributed by atoms with E-state index >= 15 is 0 Å². The molecule has 3 aromatic heterocycles. The Hall–Kier alpha value is -2.91. The Morgan fingerprint density at radius 1 is 1.10 bits per heavy atom. The molecule has 4 nitrogen and oxygen atoms in total. The quantitative estimate of drug-likeness (QED) is 0.443. The average Bonchev–Trinajstić information content (AvgIpc) is 3.34. The van der Waals surface area contributed by atoms with Crippen molar-refractivity contribution in [1.29, 1.82) is 0 Å². The van der Waals surface area contributed by atoms with E-state index in [9.17, 15) is 18.0 Å². The van der Waals surface area contributed by atoms with Crippen LogP contribution in [0.25, 0.3) is 20.8 Å². The number of carbonyl (C=O) groups excluding carboxylic acids is 1. The Kier molecular flexibility index (Phi) is 5.01. The molecule has 3 heterocycles. The molecule has 29 heavy (non-hydrogen) atoms. The molecule has 1 amide bonds. The third-order valence-electron chi connectivity index (χ3n) is 4.31. The van der Waals surface area contributed by atoms with Gasteiger partial charge in [0.05, 0.1) is 21.8 Å². The molecule has 0 fully saturated rings. The highest BCUT2D eigenvalue weighted by Gasteiger charge is 2.29. The fraction of sp³-hybridized carbons (Fsp3) is 0.100. The van der Waals surface area contributed by atoms with Gasteiger partial charge in [-0.15, -0.1) is 22.7 Å². The fourth-order valence-electron chi connectivity index (χ4n) is 2.80. The number of carbonyl (C=O) groups is 1. The van der Waals surface area contributed by atoms with Gasteiger partial charge in [-0.05, 0) is 41.3 Å². The van der Waals surface area contributed by atoms with E-state index in [0.29, 0.717) is 26.3 Å². The normalized spacial score (nSPS) is 11.7. The van der Waals surface area contributed by atoms with Gasteiger partial charge in [-0.25, -0.2) is 4.98 Å². The van der Waals surface area contributed by atoms with Crippen molar-refractivity contribution in [1.82, 2.24) is 10.3 Å². The summed E-state index contributed by atoms with van der Waals surface area (Å²) in [4.78, 5) is 19.2. The van der Waals surface area contributed by atoms with Crippen molar-refractivity contribution in [2.75, 3.05) is 5.73 Å². The smallest absolute Gasteiger partial charge is 0.397 e. The van der Waals surface area contributed by atoms with E-state index < -0.39 is 11.7 Å². The van der Waals surface area contributed by atoms with Crippen LogP contribution in [0.15, 0.2) is 53.9 Å². The molecule has 9 heteroatoms. The second-order valence-corrected chi connectivity index (χ2v) is 8.20. The monoisotopic (exact) mass is 433 g/mol. The number of nitrogens with zero attached hydrogens (tertiary/aromatic N) is 1. The molecular formula is C20H14F3N3OS2. The lowest BCUT2D eigenvalue weighted by molar-refractivity contribution is -0.137. The second-order valence-electron chi connectivity index (χ2n) is 6.25. The fourth-order valence-corrected chi connectivity index (χ4v) is 4.51. The van der Waals surface area contributed by atoms with Crippen LogP contribution in [0.1, 0.15) is 20.8 Å².